The molecule has 0 aliphatic carbocycles. The number of benzene rings is 1. The summed E-state index contributed by atoms with van der Waals surface area (Å²) < 4.78 is 5.53. The Hall–Kier alpha value is -1.55. The lowest BCUT2D eigenvalue weighted by Gasteiger charge is -2.29. The highest BCUT2D eigenvalue weighted by Gasteiger charge is 2.26. The summed E-state index contributed by atoms with van der Waals surface area (Å²) in [5.41, 5.74) is 1.17. The normalized spacial score (nSPS) is 16.3. The number of nitrogens with one attached hydrogen (secondary N) is 1. The zero-order chi connectivity index (χ0) is 16.5. The third-order valence-corrected chi connectivity index (χ3v) is 4.58. The lowest BCUT2D eigenvalue weighted by molar-refractivity contribution is -0.121. The average molecular weight is 318 g/mol. The third-order valence-electron chi connectivity index (χ3n) is 4.58. The first-order valence-electron chi connectivity index (χ1n) is 8.90. The van der Waals surface area contributed by atoms with Gasteiger partial charge >= 0.3 is 0 Å². The Morgan fingerprint density at radius 2 is 2.00 bits per heavy atom. The number of carbonyl (C=O) groups is 1. The van der Waals surface area contributed by atoms with Gasteiger partial charge in [0, 0.05) is 18.5 Å². The number of para-hydroxylation sites is 1. The molecule has 0 bridgehead atoms. The van der Waals surface area contributed by atoms with E-state index in [0.717, 1.165) is 38.1 Å². The van der Waals surface area contributed by atoms with Crippen molar-refractivity contribution in [3.63, 3.8) is 0 Å². The highest BCUT2D eigenvalue weighted by molar-refractivity contribution is 5.75. The Balaban J connectivity index is 2.01. The molecule has 1 atom stereocenters. The monoisotopic (exact) mass is 318 g/mol. The number of carbonyl (C=O) groups excluding carboxylic acids is 1. The number of unbranched alkanes of at least 4 members (excludes halogenated alkanes) is 2. The minimum Gasteiger partial charge on any atom is -0.496 e. The van der Waals surface area contributed by atoms with Crippen LogP contribution in [0, 0.1) is 0 Å². The van der Waals surface area contributed by atoms with E-state index in [-0.39, 0.29) is 11.9 Å². The SMILES string of the molecule is CCCCCC(=O)NCC(c1ccccc1OC)N1CCCC1. The quantitative estimate of drug-likeness (QED) is 0.708. The van der Waals surface area contributed by atoms with Gasteiger partial charge in [-0.05, 0) is 38.4 Å². The fraction of sp³-hybridized carbons (Fsp3) is 0.632. The van der Waals surface area contributed by atoms with Crippen LogP contribution in [0.5, 0.6) is 5.75 Å². The van der Waals surface area contributed by atoms with Crippen molar-refractivity contribution < 1.29 is 9.53 Å². The van der Waals surface area contributed by atoms with Crippen LogP contribution >= 0.6 is 0 Å². The topological polar surface area (TPSA) is 41.6 Å². The number of rotatable bonds is 9. The number of likely N-dealkylation sites (tertiary alicyclic amines) is 1. The van der Waals surface area contributed by atoms with Crippen molar-refractivity contribution in [2.75, 3.05) is 26.7 Å². The van der Waals surface area contributed by atoms with E-state index < -0.39 is 0 Å². The van der Waals surface area contributed by atoms with E-state index in [0.29, 0.717) is 13.0 Å². The predicted molar refractivity (Wildman–Crippen MR) is 93.7 cm³/mol. The summed E-state index contributed by atoms with van der Waals surface area (Å²) in [6.45, 7) is 5.00. The maximum absolute atomic E-state index is 12.1. The van der Waals surface area contributed by atoms with Gasteiger partial charge in [-0.2, -0.15) is 0 Å². The molecule has 0 radical (unpaired) electrons. The van der Waals surface area contributed by atoms with Crippen LogP contribution in [0.3, 0.4) is 0 Å². The van der Waals surface area contributed by atoms with Crippen molar-refractivity contribution >= 4 is 5.91 Å². The first-order valence-corrected chi connectivity index (χ1v) is 8.90. The Morgan fingerprint density at radius 3 is 2.70 bits per heavy atom. The second-order valence-corrected chi connectivity index (χ2v) is 6.26. The maximum Gasteiger partial charge on any atom is 0.220 e. The number of ether oxygens (including phenoxy) is 1. The van der Waals surface area contributed by atoms with E-state index in [2.05, 4.69) is 23.2 Å². The van der Waals surface area contributed by atoms with E-state index in [1.165, 1.54) is 18.4 Å². The molecule has 1 heterocycles. The molecule has 1 saturated heterocycles. The fourth-order valence-electron chi connectivity index (χ4n) is 3.27. The molecule has 0 spiro atoms. The summed E-state index contributed by atoms with van der Waals surface area (Å²) in [5.74, 6) is 1.07. The zero-order valence-electron chi connectivity index (χ0n) is 14.5. The Kier molecular flexibility index (Phi) is 7.40. The molecule has 128 valence electrons. The van der Waals surface area contributed by atoms with Crippen LogP contribution in [0.15, 0.2) is 24.3 Å². The summed E-state index contributed by atoms with van der Waals surface area (Å²) in [7, 11) is 1.71. The first-order chi connectivity index (χ1) is 11.3. The smallest absolute Gasteiger partial charge is 0.220 e. The molecule has 1 N–H and O–H groups in total. The first kappa shape index (κ1) is 17.8. The lowest BCUT2D eigenvalue weighted by atomic mass is 10.0. The van der Waals surface area contributed by atoms with Crippen LogP contribution in [0.1, 0.15) is 57.1 Å². The predicted octanol–water partition coefficient (Wildman–Crippen LogP) is 3.53. The van der Waals surface area contributed by atoms with Crippen molar-refractivity contribution in [1.82, 2.24) is 10.2 Å². The van der Waals surface area contributed by atoms with Gasteiger partial charge in [-0.1, -0.05) is 38.0 Å². The number of amides is 1. The minimum atomic E-state index is 0.164. The van der Waals surface area contributed by atoms with Gasteiger partial charge in [-0.25, -0.2) is 0 Å². The maximum atomic E-state index is 12.1. The molecule has 2 rings (SSSR count). The standard InChI is InChI=1S/C19H30N2O2/c1-3-4-5-12-19(22)20-15-17(21-13-8-9-14-21)16-10-6-7-11-18(16)23-2/h6-7,10-11,17H,3-5,8-9,12-15H2,1-2H3,(H,20,22). The molecule has 1 unspecified atom stereocenters. The molecule has 0 saturated carbocycles. The largest absolute Gasteiger partial charge is 0.496 e. The van der Waals surface area contributed by atoms with Gasteiger partial charge in [-0.15, -0.1) is 0 Å². The summed E-state index contributed by atoms with van der Waals surface area (Å²) in [6, 6.07) is 8.35. The van der Waals surface area contributed by atoms with Crippen molar-refractivity contribution in [3.8, 4) is 5.75 Å². The second kappa shape index (κ2) is 9.56. The molecular weight excluding hydrogens is 288 g/mol. The summed E-state index contributed by atoms with van der Waals surface area (Å²) >= 11 is 0. The van der Waals surface area contributed by atoms with E-state index in [1.807, 2.05) is 18.2 Å². The summed E-state index contributed by atoms with van der Waals surface area (Å²) in [5, 5.41) is 3.13. The highest BCUT2D eigenvalue weighted by Crippen LogP contribution is 2.31. The van der Waals surface area contributed by atoms with Crippen LogP contribution < -0.4 is 10.1 Å². The van der Waals surface area contributed by atoms with Gasteiger partial charge in [0.25, 0.3) is 0 Å². The molecule has 1 aromatic rings. The molecule has 1 aromatic carbocycles. The van der Waals surface area contributed by atoms with E-state index >= 15 is 0 Å². The van der Waals surface area contributed by atoms with Crippen LogP contribution in [-0.4, -0.2) is 37.6 Å². The Morgan fingerprint density at radius 1 is 1.26 bits per heavy atom. The Labute approximate surface area is 140 Å². The van der Waals surface area contributed by atoms with E-state index in [1.54, 1.807) is 7.11 Å². The lowest BCUT2D eigenvalue weighted by Crippen LogP contribution is -2.36. The van der Waals surface area contributed by atoms with Gasteiger partial charge in [-0.3, -0.25) is 9.69 Å². The van der Waals surface area contributed by atoms with Crippen LogP contribution in [0.25, 0.3) is 0 Å². The van der Waals surface area contributed by atoms with Gasteiger partial charge in [0.15, 0.2) is 0 Å². The minimum absolute atomic E-state index is 0.164. The Bertz CT molecular complexity index is 484. The molecule has 23 heavy (non-hydrogen) atoms. The van der Waals surface area contributed by atoms with E-state index in [4.69, 9.17) is 4.74 Å². The number of hydrogen-bond acceptors (Lipinski definition) is 3. The third kappa shape index (κ3) is 5.24. The molecule has 1 aliphatic heterocycles. The number of nitrogens with zero attached hydrogens (tertiary/aromatic N) is 1. The molecule has 1 aliphatic rings. The molecular formula is C19H30N2O2. The molecule has 1 amide bonds. The van der Waals surface area contributed by atoms with Crippen LogP contribution in [0.2, 0.25) is 0 Å². The van der Waals surface area contributed by atoms with Gasteiger partial charge in [0.1, 0.15) is 5.75 Å². The van der Waals surface area contributed by atoms with Crippen molar-refractivity contribution in [3.05, 3.63) is 29.8 Å². The number of hydrogen-bond donors (Lipinski definition) is 1. The molecule has 4 nitrogen and oxygen atoms in total. The summed E-state index contributed by atoms with van der Waals surface area (Å²) in [4.78, 5) is 14.5. The zero-order valence-corrected chi connectivity index (χ0v) is 14.5. The number of methoxy groups -OCH3 is 1. The van der Waals surface area contributed by atoms with Gasteiger partial charge < -0.3 is 10.1 Å². The van der Waals surface area contributed by atoms with Gasteiger partial charge in [0.2, 0.25) is 5.91 Å². The van der Waals surface area contributed by atoms with Crippen molar-refractivity contribution in [2.45, 2.75) is 51.5 Å². The molecule has 1 fully saturated rings. The van der Waals surface area contributed by atoms with Crippen molar-refractivity contribution in [1.29, 1.82) is 0 Å². The average Bonchev–Trinajstić information content (AvgIpc) is 3.10. The van der Waals surface area contributed by atoms with Crippen molar-refractivity contribution in [2.24, 2.45) is 0 Å². The van der Waals surface area contributed by atoms with Crippen LogP contribution in [-0.2, 0) is 4.79 Å². The summed E-state index contributed by atoms with van der Waals surface area (Å²) in [6.07, 6.45) is 6.34. The van der Waals surface area contributed by atoms with E-state index in [9.17, 15) is 4.79 Å². The molecule has 0 aromatic heterocycles. The second-order valence-electron chi connectivity index (χ2n) is 6.26. The van der Waals surface area contributed by atoms with Gasteiger partial charge in [0.05, 0.1) is 13.2 Å². The highest BCUT2D eigenvalue weighted by atomic mass is 16.5. The fourth-order valence-corrected chi connectivity index (χ4v) is 3.27. The van der Waals surface area contributed by atoms with Crippen LogP contribution in [0.4, 0.5) is 0 Å². The molecule has 4 heteroatoms.